The molecular formula is C16H15ClFNO2. The maximum Gasteiger partial charge on any atom is 0.254 e. The third-order valence-corrected chi connectivity index (χ3v) is 3.12. The van der Waals surface area contributed by atoms with E-state index in [9.17, 15) is 9.18 Å². The summed E-state index contributed by atoms with van der Waals surface area (Å²) in [6.45, 7) is 2.69. The number of halogens is 2. The average molecular weight is 308 g/mol. The van der Waals surface area contributed by atoms with E-state index in [2.05, 4.69) is 5.32 Å². The van der Waals surface area contributed by atoms with Crippen molar-refractivity contribution in [3.63, 3.8) is 0 Å². The standard InChI is InChI=1S/C16H15ClFNO2/c1-2-21-15-6-4-3-5-11(15)10-19-16(20)13-8-7-12(17)9-14(13)18/h3-9H,2,10H2,1H3,(H,19,20). The SMILES string of the molecule is CCOc1ccccc1CNC(=O)c1ccc(Cl)cc1F. The molecule has 0 aliphatic rings. The third-order valence-electron chi connectivity index (χ3n) is 2.89. The molecular weight excluding hydrogens is 293 g/mol. The van der Waals surface area contributed by atoms with E-state index >= 15 is 0 Å². The van der Waals surface area contributed by atoms with E-state index in [1.165, 1.54) is 12.1 Å². The zero-order valence-corrected chi connectivity index (χ0v) is 12.3. The van der Waals surface area contributed by atoms with Crippen LogP contribution in [0.4, 0.5) is 4.39 Å². The summed E-state index contributed by atoms with van der Waals surface area (Å²) in [4.78, 5) is 12.0. The number of ether oxygens (including phenoxy) is 1. The van der Waals surface area contributed by atoms with Gasteiger partial charge in [0.1, 0.15) is 11.6 Å². The molecule has 0 bridgehead atoms. The van der Waals surface area contributed by atoms with Gasteiger partial charge < -0.3 is 10.1 Å². The lowest BCUT2D eigenvalue weighted by molar-refractivity contribution is 0.0946. The number of rotatable bonds is 5. The second-order valence-electron chi connectivity index (χ2n) is 4.35. The van der Waals surface area contributed by atoms with Crippen molar-refractivity contribution in [2.24, 2.45) is 0 Å². The van der Waals surface area contributed by atoms with Crippen LogP contribution in [0.1, 0.15) is 22.8 Å². The van der Waals surface area contributed by atoms with Crippen molar-refractivity contribution in [1.82, 2.24) is 5.32 Å². The summed E-state index contributed by atoms with van der Waals surface area (Å²) < 4.78 is 19.1. The lowest BCUT2D eigenvalue weighted by Gasteiger charge is -2.11. The Labute approximate surface area is 127 Å². The number of nitrogens with one attached hydrogen (secondary N) is 1. The van der Waals surface area contributed by atoms with Crippen LogP contribution in [-0.2, 0) is 6.54 Å². The zero-order chi connectivity index (χ0) is 15.2. The molecule has 2 aromatic rings. The van der Waals surface area contributed by atoms with Crippen molar-refractivity contribution in [3.05, 3.63) is 64.4 Å². The maximum absolute atomic E-state index is 13.7. The molecule has 0 saturated heterocycles. The number of para-hydroxylation sites is 1. The van der Waals surface area contributed by atoms with Gasteiger partial charge >= 0.3 is 0 Å². The van der Waals surface area contributed by atoms with Crippen molar-refractivity contribution in [3.8, 4) is 5.75 Å². The van der Waals surface area contributed by atoms with E-state index in [1.807, 2.05) is 31.2 Å². The smallest absolute Gasteiger partial charge is 0.254 e. The Bertz CT molecular complexity index is 646. The van der Waals surface area contributed by atoms with E-state index in [4.69, 9.17) is 16.3 Å². The van der Waals surface area contributed by atoms with Gasteiger partial charge in [-0.3, -0.25) is 4.79 Å². The molecule has 1 N–H and O–H groups in total. The predicted octanol–water partition coefficient (Wildman–Crippen LogP) is 3.81. The van der Waals surface area contributed by atoms with Crippen molar-refractivity contribution < 1.29 is 13.9 Å². The number of carbonyl (C=O) groups excluding carboxylic acids is 1. The predicted molar refractivity (Wildman–Crippen MR) is 80.2 cm³/mol. The zero-order valence-electron chi connectivity index (χ0n) is 11.5. The Hall–Kier alpha value is -2.07. The van der Waals surface area contributed by atoms with Crippen molar-refractivity contribution in [2.75, 3.05) is 6.61 Å². The highest BCUT2D eigenvalue weighted by molar-refractivity contribution is 6.30. The van der Waals surface area contributed by atoms with Crippen LogP contribution in [0.25, 0.3) is 0 Å². The molecule has 0 aliphatic heterocycles. The fourth-order valence-electron chi connectivity index (χ4n) is 1.89. The lowest BCUT2D eigenvalue weighted by Crippen LogP contribution is -2.24. The first kappa shape index (κ1) is 15.3. The number of hydrogen-bond acceptors (Lipinski definition) is 2. The highest BCUT2D eigenvalue weighted by Gasteiger charge is 2.12. The highest BCUT2D eigenvalue weighted by atomic mass is 35.5. The Morgan fingerprint density at radius 3 is 2.76 bits per heavy atom. The summed E-state index contributed by atoms with van der Waals surface area (Å²) in [5.74, 6) is -0.426. The van der Waals surface area contributed by atoms with Gasteiger partial charge in [0.2, 0.25) is 0 Å². The van der Waals surface area contributed by atoms with Crippen LogP contribution in [0.5, 0.6) is 5.75 Å². The van der Waals surface area contributed by atoms with Crippen molar-refractivity contribution >= 4 is 17.5 Å². The summed E-state index contributed by atoms with van der Waals surface area (Å²) >= 11 is 5.66. The van der Waals surface area contributed by atoms with Gasteiger partial charge in [0.15, 0.2) is 0 Å². The van der Waals surface area contributed by atoms with Gasteiger partial charge in [-0.05, 0) is 31.2 Å². The molecule has 2 rings (SSSR count). The molecule has 0 unspecified atom stereocenters. The Balaban J connectivity index is 2.07. The van der Waals surface area contributed by atoms with Gasteiger partial charge in [-0.2, -0.15) is 0 Å². The van der Waals surface area contributed by atoms with Crippen LogP contribution >= 0.6 is 11.6 Å². The topological polar surface area (TPSA) is 38.3 Å². The van der Waals surface area contributed by atoms with Crippen molar-refractivity contribution in [2.45, 2.75) is 13.5 Å². The van der Waals surface area contributed by atoms with Gasteiger partial charge in [0.25, 0.3) is 5.91 Å². The van der Waals surface area contributed by atoms with E-state index in [1.54, 1.807) is 0 Å². The molecule has 0 heterocycles. The molecule has 0 aliphatic carbocycles. The number of amides is 1. The maximum atomic E-state index is 13.7. The van der Waals surface area contributed by atoms with E-state index in [0.717, 1.165) is 11.6 Å². The first-order chi connectivity index (χ1) is 10.1. The molecule has 0 radical (unpaired) electrons. The Kier molecular flexibility index (Phi) is 5.17. The minimum Gasteiger partial charge on any atom is -0.494 e. The van der Waals surface area contributed by atoms with Gasteiger partial charge in [0.05, 0.1) is 12.2 Å². The van der Waals surface area contributed by atoms with Crippen LogP contribution in [0.2, 0.25) is 5.02 Å². The molecule has 2 aromatic carbocycles. The molecule has 21 heavy (non-hydrogen) atoms. The largest absolute Gasteiger partial charge is 0.494 e. The molecule has 1 amide bonds. The summed E-state index contributed by atoms with van der Waals surface area (Å²) in [5.41, 5.74) is 0.801. The lowest BCUT2D eigenvalue weighted by atomic mass is 10.1. The van der Waals surface area contributed by atoms with E-state index in [0.29, 0.717) is 12.4 Å². The highest BCUT2D eigenvalue weighted by Crippen LogP contribution is 2.18. The van der Waals surface area contributed by atoms with E-state index < -0.39 is 11.7 Å². The fourth-order valence-corrected chi connectivity index (χ4v) is 2.05. The number of benzene rings is 2. The monoisotopic (exact) mass is 307 g/mol. The number of carbonyl (C=O) groups is 1. The van der Waals surface area contributed by atoms with Crippen LogP contribution in [0.3, 0.4) is 0 Å². The summed E-state index contributed by atoms with van der Waals surface area (Å²) in [6, 6.07) is 11.3. The molecule has 0 fully saturated rings. The van der Waals surface area contributed by atoms with Crippen molar-refractivity contribution in [1.29, 1.82) is 0 Å². The molecule has 0 aromatic heterocycles. The summed E-state index contributed by atoms with van der Waals surface area (Å²) in [7, 11) is 0. The molecule has 0 saturated carbocycles. The molecule has 0 atom stereocenters. The second-order valence-corrected chi connectivity index (χ2v) is 4.78. The molecule has 5 heteroatoms. The minimum atomic E-state index is -0.641. The van der Waals surface area contributed by atoms with Crippen LogP contribution in [0.15, 0.2) is 42.5 Å². The van der Waals surface area contributed by atoms with E-state index in [-0.39, 0.29) is 17.1 Å². The molecule has 0 spiro atoms. The first-order valence-corrected chi connectivity index (χ1v) is 6.93. The quantitative estimate of drug-likeness (QED) is 0.912. The van der Waals surface area contributed by atoms with Gasteiger partial charge in [-0.1, -0.05) is 29.8 Å². The fraction of sp³-hybridized carbons (Fsp3) is 0.188. The molecule has 3 nitrogen and oxygen atoms in total. The van der Waals surface area contributed by atoms with Crippen LogP contribution < -0.4 is 10.1 Å². The molecule has 110 valence electrons. The Morgan fingerprint density at radius 2 is 2.05 bits per heavy atom. The first-order valence-electron chi connectivity index (χ1n) is 6.55. The second kappa shape index (κ2) is 7.09. The summed E-state index contributed by atoms with van der Waals surface area (Å²) in [5, 5.41) is 2.93. The third kappa shape index (κ3) is 3.95. The summed E-state index contributed by atoms with van der Waals surface area (Å²) in [6.07, 6.45) is 0. The number of hydrogen-bond donors (Lipinski definition) is 1. The van der Waals surface area contributed by atoms with Gasteiger partial charge in [0, 0.05) is 17.1 Å². The normalized spacial score (nSPS) is 10.2. The van der Waals surface area contributed by atoms with Gasteiger partial charge in [-0.15, -0.1) is 0 Å². The minimum absolute atomic E-state index is 0.0340. The average Bonchev–Trinajstić information content (AvgIpc) is 2.46. The Morgan fingerprint density at radius 1 is 1.29 bits per heavy atom. The van der Waals surface area contributed by atoms with Crippen LogP contribution in [-0.4, -0.2) is 12.5 Å². The van der Waals surface area contributed by atoms with Gasteiger partial charge in [-0.25, -0.2) is 4.39 Å². The van der Waals surface area contributed by atoms with Crippen LogP contribution in [0, 0.1) is 5.82 Å².